The van der Waals surface area contributed by atoms with Crippen LogP contribution in [0, 0.1) is 24.2 Å². The predicted octanol–water partition coefficient (Wildman–Crippen LogP) is 7.92. The van der Waals surface area contributed by atoms with E-state index in [0.717, 1.165) is 53.7 Å². The summed E-state index contributed by atoms with van der Waals surface area (Å²) in [6.07, 6.45) is 8.44. The molecule has 0 amide bonds. The lowest BCUT2D eigenvalue weighted by molar-refractivity contribution is -0.141. The molecule has 40 heavy (non-hydrogen) atoms. The maximum atomic E-state index is 13.9. The van der Waals surface area contributed by atoms with Crippen molar-refractivity contribution >= 4 is 37.5 Å². The zero-order valence-corrected chi connectivity index (χ0v) is 27.9. The first kappa shape index (κ1) is 32.9. The summed E-state index contributed by atoms with van der Waals surface area (Å²) < 4.78 is 19.0. The molecular formula is C32H51NO5SSi. The Labute approximate surface area is 247 Å². The number of epoxide rings is 1. The van der Waals surface area contributed by atoms with Crippen LogP contribution in [0.4, 0.5) is 0 Å². The third kappa shape index (κ3) is 8.46. The summed E-state index contributed by atoms with van der Waals surface area (Å²) in [4.78, 5) is 31.5. The normalized spacial score (nSPS) is 31.4. The number of aromatic nitrogens is 1. The molecule has 0 aliphatic carbocycles. The number of ether oxygens (including phenoxy) is 2. The average Bonchev–Trinajstić information content (AvgIpc) is 3.53. The van der Waals surface area contributed by atoms with Crippen LogP contribution < -0.4 is 0 Å². The topological polar surface area (TPSA) is 78.0 Å². The smallest absolute Gasteiger partial charge is 0.331 e. The Bertz CT molecular complexity index is 1070. The van der Waals surface area contributed by atoms with E-state index < -0.39 is 25.8 Å². The van der Waals surface area contributed by atoms with Crippen molar-refractivity contribution in [1.82, 2.24) is 4.98 Å². The summed E-state index contributed by atoms with van der Waals surface area (Å²) in [5, 5.41) is 3.01. The first-order valence-electron chi connectivity index (χ1n) is 15.2. The number of nitrogens with zero attached hydrogens (tertiary/aromatic N) is 1. The third-order valence-electron chi connectivity index (χ3n) is 9.12. The Balaban J connectivity index is 1.88. The molecule has 3 heterocycles. The molecule has 0 bridgehead atoms. The highest BCUT2D eigenvalue weighted by atomic mass is 32.1. The highest BCUT2D eigenvalue weighted by molar-refractivity contribution is 7.09. The van der Waals surface area contributed by atoms with Crippen LogP contribution in [-0.4, -0.2) is 49.5 Å². The fraction of sp³-hybridized carbons (Fsp3) is 0.719. The van der Waals surface area contributed by atoms with Crippen LogP contribution in [0.5, 0.6) is 0 Å². The number of fused-ring (bicyclic) bond motifs is 1. The minimum atomic E-state index is -1.93. The van der Waals surface area contributed by atoms with Crippen LogP contribution in [-0.2, 0) is 23.5 Å². The molecule has 6 atom stereocenters. The lowest BCUT2D eigenvalue weighted by Crippen LogP contribution is -2.47. The van der Waals surface area contributed by atoms with Gasteiger partial charge >= 0.3 is 5.97 Å². The van der Waals surface area contributed by atoms with E-state index in [1.54, 1.807) is 17.4 Å². The predicted molar refractivity (Wildman–Crippen MR) is 166 cm³/mol. The SMILES string of the molecule is CC[Si](CC)(CC)O[C@H]1[C@@H](C)CCC[C@H]2O[C@H]2C[C@@H](C(C)=Cc2csc(C)n2)OC(=O)/C=C/C(C)(C)C(=O)[C@@H]1C. The molecule has 8 heteroatoms. The van der Waals surface area contributed by atoms with E-state index in [0.29, 0.717) is 6.42 Å². The van der Waals surface area contributed by atoms with Gasteiger partial charge in [0.2, 0.25) is 0 Å². The number of Topliss-reactive ketones (excluding diaryl/α,β-unsaturated/α-hetero) is 1. The quantitative estimate of drug-likeness (QED) is 0.183. The Morgan fingerprint density at radius 1 is 1.15 bits per heavy atom. The van der Waals surface area contributed by atoms with Gasteiger partial charge in [-0.05, 0) is 76.2 Å². The van der Waals surface area contributed by atoms with Gasteiger partial charge in [-0.2, -0.15) is 0 Å². The fourth-order valence-electron chi connectivity index (χ4n) is 6.03. The van der Waals surface area contributed by atoms with Gasteiger partial charge in [-0.25, -0.2) is 9.78 Å². The summed E-state index contributed by atoms with van der Waals surface area (Å²) in [5.74, 6) is -0.367. The van der Waals surface area contributed by atoms with Gasteiger partial charge in [0, 0.05) is 29.2 Å². The molecule has 2 aliphatic heterocycles. The second-order valence-corrected chi connectivity index (χ2v) is 18.3. The number of hydrogen-bond donors (Lipinski definition) is 0. The van der Waals surface area contributed by atoms with Crippen molar-refractivity contribution in [2.45, 2.75) is 131 Å². The molecular weight excluding hydrogens is 539 g/mol. The number of thiazole rings is 1. The van der Waals surface area contributed by atoms with Crippen molar-refractivity contribution in [3.8, 4) is 0 Å². The van der Waals surface area contributed by atoms with E-state index in [-0.39, 0.29) is 35.9 Å². The molecule has 0 N–H and O–H groups in total. The Morgan fingerprint density at radius 2 is 1.82 bits per heavy atom. The van der Waals surface area contributed by atoms with Gasteiger partial charge in [-0.15, -0.1) is 11.3 Å². The van der Waals surface area contributed by atoms with E-state index in [4.69, 9.17) is 13.9 Å². The van der Waals surface area contributed by atoms with Gasteiger partial charge in [0.25, 0.3) is 0 Å². The number of hydrogen-bond acceptors (Lipinski definition) is 7. The number of cyclic esters (lactones) is 1. The van der Waals surface area contributed by atoms with Gasteiger partial charge in [-0.3, -0.25) is 4.79 Å². The average molecular weight is 590 g/mol. The number of carbonyl (C=O) groups is 2. The number of ketones is 1. The zero-order valence-electron chi connectivity index (χ0n) is 26.1. The second kappa shape index (κ2) is 14.0. The van der Waals surface area contributed by atoms with E-state index >= 15 is 0 Å². The summed E-state index contributed by atoms with van der Waals surface area (Å²) >= 11 is 1.60. The molecule has 224 valence electrons. The Hall–Kier alpha value is -1.61. The van der Waals surface area contributed by atoms with E-state index in [1.807, 2.05) is 46.1 Å². The Morgan fingerprint density at radius 3 is 2.42 bits per heavy atom. The van der Waals surface area contributed by atoms with Crippen molar-refractivity contribution in [3.63, 3.8) is 0 Å². The maximum Gasteiger partial charge on any atom is 0.331 e. The van der Waals surface area contributed by atoms with Crippen LogP contribution in [0.2, 0.25) is 18.1 Å². The first-order valence-corrected chi connectivity index (χ1v) is 18.6. The standard InChI is InChI=1S/C32H51NO5SSi/c1-10-40(11-2,12-3)38-30-21(4)14-13-15-26-28(36-26)19-27(22(5)18-25-20-39-24(7)33-25)37-29(34)16-17-32(8,9)31(35)23(30)6/h16-18,20-21,23,26-28,30H,10-15,19H2,1-9H3/b17-16+,22-18?/t21-,23+,26+,27-,28-,30-/m0/s1. The number of esters is 1. The molecule has 0 saturated carbocycles. The molecule has 1 aromatic heterocycles. The molecule has 0 spiro atoms. The minimum absolute atomic E-state index is 0.0785. The third-order valence-corrected chi connectivity index (χ3v) is 14.5. The highest BCUT2D eigenvalue weighted by Gasteiger charge is 2.43. The van der Waals surface area contributed by atoms with Gasteiger partial charge in [-0.1, -0.05) is 47.1 Å². The molecule has 2 aliphatic rings. The van der Waals surface area contributed by atoms with Crippen molar-refractivity contribution in [1.29, 1.82) is 0 Å². The Kier molecular flexibility index (Phi) is 11.5. The first-order chi connectivity index (χ1) is 18.8. The number of carbonyl (C=O) groups excluding carboxylic acids is 2. The fourth-order valence-corrected chi connectivity index (χ4v) is 9.61. The lowest BCUT2D eigenvalue weighted by atomic mass is 9.76. The van der Waals surface area contributed by atoms with Gasteiger partial charge < -0.3 is 13.9 Å². The van der Waals surface area contributed by atoms with Crippen LogP contribution in [0.1, 0.15) is 91.8 Å². The molecule has 0 radical (unpaired) electrons. The van der Waals surface area contributed by atoms with Crippen molar-refractivity contribution < 1.29 is 23.5 Å². The van der Waals surface area contributed by atoms with Gasteiger partial charge in [0.15, 0.2) is 8.32 Å². The van der Waals surface area contributed by atoms with Crippen molar-refractivity contribution in [2.75, 3.05) is 0 Å². The molecule has 0 aromatic carbocycles. The monoisotopic (exact) mass is 589 g/mol. The summed E-state index contributed by atoms with van der Waals surface area (Å²) in [5.41, 5.74) is 0.990. The number of aryl methyl sites for hydroxylation is 1. The zero-order chi connectivity index (χ0) is 29.7. The summed E-state index contributed by atoms with van der Waals surface area (Å²) in [7, 11) is -1.93. The van der Waals surface area contributed by atoms with E-state index in [1.165, 1.54) is 6.08 Å². The molecule has 1 saturated heterocycles. The number of rotatable bonds is 7. The molecule has 1 fully saturated rings. The summed E-state index contributed by atoms with van der Waals surface area (Å²) in [6, 6.07) is 3.15. The van der Waals surface area contributed by atoms with Crippen LogP contribution >= 0.6 is 11.3 Å². The van der Waals surface area contributed by atoms with Crippen molar-refractivity contribution in [3.05, 3.63) is 33.8 Å². The highest BCUT2D eigenvalue weighted by Crippen LogP contribution is 2.37. The molecule has 1 aromatic rings. The van der Waals surface area contributed by atoms with E-state index in [2.05, 4.69) is 32.7 Å². The lowest BCUT2D eigenvalue weighted by Gasteiger charge is -2.40. The molecule has 0 unspecified atom stereocenters. The van der Waals surface area contributed by atoms with Crippen LogP contribution in [0.15, 0.2) is 23.1 Å². The van der Waals surface area contributed by atoms with Crippen LogP contribution in [0.25, 0.3) is 6.08 Å². The summed E-state index contributed by atoms with van der Waals surface area (Å²) in [6.45, 7) is 18.7. The van der Waals surface area contributed by atoms with E-state index in [9.17, 15) is 9.59 Å². The second-order valence-electron chi connectivity index (χ2n) is 12.5. The molecule has 6 nitrogen and oxygen atoms in total. The van der Waals surface area contributed by atoms with Crippen LogP contribution in [0.3, 0.4) is 0 Å². The largest absolute Gasteiger partial charge is 0.455 e. The van der Waals surface area contributed by atoms with Gasteiger partial charge in [0.05, 0.1) is 29.0 Å². The molecule has 3 rings (SSSR count). The maximum absolute atomic E-state index is 13.9. The number of allylic oxidation sites excluding steroid dienone is 1. The minimum Gasteiger partial charge on any atom is -0.455 e. The van der Waals surface area contributed by atoms with Crippen molar-refractivity contribution in [2.24, 2.45) is 17.3 Å². The van der Waals surface area contributed by atoms with Gasteiger partial charge in [0.1, 0.15) is 11.9 Å².